The summed E-state index contributed by atoms with van der Waals surface area (Å²) in [6.45, 7) is 1.13. The molecule has 0 aromatic heterocycles. The van der Waals surface area contributed by atoms with Gasteiger partial charge in [-0.05, 0) is 18.1 Å². The normalized spacial score (nSPS) is 11.8. The molecule has 2 rings (SSSR count). The number of benzene rings is 2. The van der Waals surface area contributed by atoms with Gasteiger partial charge in [0.15, 0.2) is 0 Å². The highest BCUT2D eigenvalue weighted by atomic mass is 16.5. The summed E-state index contributed by atoms with van der Waals surface area (Å²) in [4.78, 5) is 0. The van der Waals surface area contributed by atoms with E-state index in [1.54, 1.807) is 7.11 Å². The van der Waals surface area contributed by atoms with Gasteiger partial charge in [-0.1, -0.05) is 72.8 Å². The van der Waals surface area contributed by atoms with E-state index in [0.29, 0.717) is 13.2 Å². The summed E-state index contributed by atoms with van der Waals surface area (Å²) in [5.74, 6) is 0.863. The Balaban J connectivity index is 2.00. The molecule has 2 heteroatoms. The third-order valence-corrected chi connectivity index (χ3v) is 3.18. The lowest BCUT2D eigenvalue weighted by Gasteiger charge is -2.09. The molecule has 0 unspecified atom stereocenters. The van der Waals surface area contributed by atoms with Crippen LogP contribution in [0.1, 0.15) is 11.1 Å². The van der Waals surface area contributed by atoms with Crippen molar-refractivity contribution in [1.29, 1.82) is 0 Å². The van der Waals surface area contributed by atoms with Crippen LogP contribution in [-0.4, -0.2) is 20.3 Å². The standard InChI is InChI=1S/C20H22O2/c1-21-16-17-22-20(19-13-6-3-7-14-19)15-9-8-12-18-10-4-2-5-11-18/h2-11,13-15H,12,16-17H2,1H3/b9-8+,20-15-. The zero-order valence-electron chi connectivity index (χ0n) is 12.9. The first-order chi connectivity index (χ1) is 10.9. The van der Waals surface area contributed by atoms with Crippen LogP contribution < -0.4 is 0 Å². The molecule has 114 valence electrons. The smallest absolute Gasteiger partial charge is 0.126 e. The summed E-state index contributed by atoms with van der Waals surface area (Å²) < 4.78 is 10.8. The van der Waals surface area contributed by atoms with Gasteiger partial charge in [0, 0.05) is 12.7 Å². The van der Waals surface area contributed by atoms with Crippen LogP contribution in [0.3, 0.4) is 0 Å². The average Bonchev–Trinajstić information content (AvgIpc) is 2.59. The Morgan fingerprint density at radius 2 is 1.59 bits per heavy atom. The second-order valence-corrected chi connectivity index (χ2v) is 4.86. The third-order valence-electron chi connectivity index (χ3n) is 3.18. The van der Waals surface area contributed by atoms with Gasteiger partial charge in [0.2, 0.25) is 0 Å². The van der Waals surface area contributed by atoms with Gasteiger partial charge in [-0.25, -0.2) is 0 Å². The first-order valence-corrected chi connectivity index (χ1v) is 7.48. The van der Waals surface area contributed by atoms with Crippen molar-refractivity contribution in [3.05, 3.63) is 90.0 Å². The molecule has 0 aliphatic rings. The predicted octanol–water partition coefficient (Wildman–Crippen LogP) is 4.49. The fourth-order valence-corrected chi connectivity index (χ4v) is 2.04. The lowest BCUT2D eigenvalue weighted by molar-refractivity contribution is 0.133. The number of allylic oxidation sites excluding steroid dienone is 3. The van der Waals surface area contributed by atoms with Crippen molar-refractivity contribution >= 4 is 5.76 Å². The van der Waals surface area contributed by atoms with Crippen molar-refractivity contribution in [2.75, 3.05) is 20.3 Å². The Kier molecular flexibility index (Phi) is 7.00. The molecule has 22 heavy (non-hydrogen) atoms. The monoisotopic (exact) mass is 294 g/mol. The summed E-state index contributed by atoms with van der Waals surface area (Å²) in [6.07, 6.45) is 7.10. The molecular formula is C20H22O2. The quantitative estimate of drug-likeness (QED) is 0.406. The molecule has 0 N–H and O–H groups in total. The van der Waals surface area contributed by atoms with E-state index in [4.69, 9.17) is 9.47 Å². The van der Waals surface area contributed by atoms with Crippen LogP contribution >= 0.6 is 0 Å². The topological polar surface area (TPSA) is 18.5 Å². The van der Waals surface area contributed by atoms with Crippen molar-refractivity contribution in [3.8, 4) is 0 Å². The maximum absolute atomic E-state index is 5.81. The molecule has 0 aliphatic heterocycles. The minimum Gasteiger partial charge on any atom is -0.491 e. The number of hydrogen-bond acceptors (Lipinski definition) is 2. The summed E-state index contributed by atoms with van der Waals surface area (Å²) in [5, 5.41) is 0. The molecule has 0 spiro atoms. The van der Waals surface area contributed by atoms with Crippen LogP contribution in [0.2, 0.25) is 0 Å². The lowest BCUT2D eigenvalue weighted by atomic mass is 10.1. The summed E-state index contributed by atoms with van der Waals surface area (Å²) >= 11 is 0. The van der Waals surface area contributed by atoms with Crippen molar-refractivity contribution in [1.82, 2.24) is 0 Å². The first kappa shape index (κ1) is 16.1. The van der Waals surface area contributed by atoms with E-state index in [1.807, 2.05) is 48.6 Å². The molecule has 0 amide bonds. The number of ether oxygens (including phenoxy) is 2. The van der Waals surface area contributed by atoms with E-state index in [-0.39, 0.29) is 0 Å². The Labute approximate surface area is 132 Å². The van der Waals surface area contributed by atoms with E-state index < -0.39 is 0 Å². The third kappa shape index (κ3) is 5.58. The lowest BCUT2D eigenvalue weighted by Crippen LogP contribution is -2.01. The van der Waals surface area contributed by atoms with Crippen molar-refractivity contribution in [2.24, 2.45) is 0 Å². The molecule has 0 aliphatic carbocycles. The zero-order valence-corrected chi connectivity index (χ0v) is 12.9. The maximum Gasteiger partial charge on any atom is 0.126 e. The molecule has 0 bridgehead atoms. The van der Waals surface area contributed by atoms with Crippen LogP contribution in [0, 0.1) is 0 Å². The molecule has 0 fully saturated rings. The number of methoxy groups -OCH3 is 1. The molecule has 0 radical (unpaired) electrons. The molecule has 0 saturated heterocycles. The number of rotatable bonds is 8. The highest BCUT2D eigenvalue weighted by Crippen LogP contribution is 2.15. The van der Waals surface area contributed by atoms with E-state index in [0.717, 1.165) is 17.7 Å². The van der Waals surface area contributed by atoms with Gasteiger partial charge < -0.3 is 9.47 Å². The van der Waals surface area contributed by atoms with Crippen LogP contribution in [0.15, 0.2) is 78.9 Å². The van der Waals surface area contributed by atoms with E-state index in [9.17, 15) is 0 Å². The van der Waals surface area contributed by atoms with Crippen LogP contribution in [-0.2, 0) is 15.9 Å². The Bertz CT molecular complexity index is 586. The Morgan fingerprint density at radius 1 is 0.909 bits per heavy atom. The van der Waals surface area contributed by atoms with Gasteiger partial charge in [-0.3, -0.25) is 0 Å². The summed E-state index contributed by atoms with van der Waals surface area (Å²) in [5.41, 5.74) is 2.37. The van der Waals surface area contributed by atoms with Gasteiger partial charge in [0.1, 0.15) is 12.4 Å². The molecule has 0 atom stereocenters. The van der Waals surface area contributed by atoms with Crippen LogP contribution in [0.25, 0.3) is 5.76 Å². The predicted molar refractivity (Wildman–Crippen MR) is 91.5 cm³/mol. The Morgan fingerprint density at radius 3 is 2.27 bits per heavy atom. The van der Waals surface area contributed by atoms with Crippen molar-refractivity contribution in [3.63, 3.8) is 0 Å². The second-order valence-electron chi connectivity index (χ2n) is 4.86. The van der Waals surface area contributed by atoms with E-state index in [1.165, 1.54) is 5.56 Å². The zero-order chi connectivity index (χ0) is 15.5. The van der Waals surface area contributed by atoms with Gasteiger partial charge in [-0.15, -0.1) is 0 Å². The molecule has 2 aromatic rings. The number of hydrogen-bond donors (Lipinski definition) is 0. The fourth-order valence-electron chi connectivity index (χ4n) is 2.04. The SMILES string of the molecule is COCCO/C(=C\C=C\Cc1ccccc1)c1ccccc1. The minimum absolute atomic E-state index is 0.545. The molecular weight excluding hydrogens is 272 g/mol. The van der Waals surface area contributed by atoms with Gasteiger partial charge >= 0.3 is 0 Å². The van der Waals surface area contributed by atoms with Gasteiger partial charge in [0.25, 0.3) is 0 Å². The maximum atomic E-state index is 5.81. The fraction of sp³-hybridized carbons (Fsp3) is 0.200. The van der Waals surface area contributed by atoms with Gasteiger partial charge in [-0.2, -0.15) is 0 Å². The van der Waals surface area contributed by atoms with Crippen molar-refractivity contribution < 1.29 is 9.47 Å². The summed E-state index contributed by atoms with van der Waals surface area (Å²) in [6, 6.07) is 20.5. The molecule has 0 heterocycles. The summed E-state index contributed by atoms with van der Waals surface area (Å²) in [7, 11) is 1.68. The second kappa shape index (κ2) is 9.59. The van der Waals surface area contributed by atoms with Crippen molar-refractivity contribution in [2.45, 2.75) is 6.42 Å². The molecule has 2 nitrogen and oxygen atoms in total. The first-order valence-electron chi connectivity index (χ1n) is 7.48. The largest absolute Gasteiger partial charge is 0.491 e. The van der Waals surface area contributed by atoms with Gasteiger partial charge in [0.05, 0.1) is 6.61 Å². The van der Waals surface area contributed by atoms with E-state index >= 15 is 0 Å². The minimum atomic E-state index is 0.545. The highest BCUT2D eigenvalue weighted by Gasteiger charge is 2.00. The van der Waals surface area contributed by atoms with Crippen LogP contribution in [0.4, 0.5) is 0 Å². The van der Waals surface area contributed by atoms with Crippen LogP contribution in [0.5, 0.6) is 0 Å². The Hall–Kier alpha value is -2.32. The molecule has 0 saturated carbocycles. The molecule has 2 aromatic carbocycles. The average molecular weight is 294 g/mol. The highest BCUT2D eigenvalue weighted by molar-refractivity contribution is 5.61. The van der Waals surface area contributed by atoms with E-state index in [2.05, 4.69) is 30.3 Å².